The van der Waals surface area contributed by atoms with E-state index in [1.165, 1.54) is 65.3 Å². The second-order valence-corrected chi connectivity index (χ2v) is 31.2. The Morgan fingerprint density at radius 3 is 1.11 bits per heavy atom. The highest BCUT2D eigenvalue weighted by molar-refractivity contribution is 9.10. The molecule has 555 valence electrons. The third kappa shape index (κ3) is 15.2. The van der Waals surface area contributed by atoms with Gasteiger partial charge in [-0.05, 0) is 186 Å². The molecule has 2 aliphatic heterocycles. The fourth-order valence-electron chi connectivity index (χ4n) is 14.5. The number of rotatable bonds is 6. The van der Waals surface area contributed by atoms with Crippen molar-refractivity contribution in [1.29, 1.82) is 0 Å². The van der Waals surface area contributed by atoms with E-state index >= 15 is 0 Å². The molecule has 1 radical (unpaired) electrons. The minimum atomic E-state index is -0.476. The van der Waals surface area contributed by atoms with Gasteiger partial charge in [0.15, 0.2) is 22.3 Å². The first kappa shape index (κ1) is 79.6. The molecule has 20 rings (SSSR count). The molecule has 18 aromatic rings. The molecule has 15 aromatic carbocycles. The zero-order chi connectivity index (χ0) is 74.8. The first-order valence-corrected chi connectivity index (χ1v) is 37.8. The van der Waals surface area contributed by atoms with Gasteiger partial charge in [0, 0.05) is 42.4 Å². The molecule has 2 fully saturated rings. The lowest BCUT2D eigenvalue weighted by Gasteiger charge is -2.32. The highest BCUT2D eigenvalue weighted by Crippen LogP contribution is 2.47. The van der Waals surface area contributed by atoms with Crippen LogP contribution in [-0.2, 0) is 18.6 Å². The van der Waals surface area contributed by atoms with Gasteiger partial charge in [0.25, 0.3) is 0 Å². The summed E-state index contributed by atoms with van der Waals surface area (Å²) in [6.45, 7) is 16.2. The summed E-state index contributed by atoms with van der Waals surface area (Å²) in [4.78, 5) is 0. The van der Waals surface area contributed by atoms with Gasteiger partial charge in [-0.25, -0.2) is 0 Å². The van der Waals surface area contributed by atoms with E-state index in [9.17, 15) is 0 Å². The standard InChI is InChI=1S/C32H19ClO.C16H9BClO3.C16H11Br.C16H9ClO.C12H24B2O4.CH4.H2O.H3P/c33-29-14-6-13-27-30-26-11-4-2-8-23(26)19-28(32(30)34-31(27)29)22-17-15-21(16-18-22)25-12-5-9-20-7-1-3-10-24(20)25;18-12-7-3-6-11-14-10-5-2-1-4-9(10)8-13(21-17-19)16(14)20-15(11)12;17-14-10-8-13(9-11-14)16-7-3-5-12-4-1-2-6-15(12)16;17-13-7-3-6-12-15-11-5-2-1-4-10(11)8-9-14(15)18-16(12)13;1-9(2)10(3,4)16-13(15-9)14-17-11(5,6)12(7,8)18-14;;;/h1-19H;1-8,19H;1-11H;1-9H;1-8H3;1H4;1H2;1H3. The van der Waals surface area contributed by atoms with Crippen LogP contribution in [0.5, 0.6) is 5.75 Å². The molecule has 111 heavy (non-hydrogen) atoms. The van der Waals surface area contributed by atoms with E-state index in [0.29, 0.717) is 39.7 Å². The minimum absolute atomic E-state index is 0. The van der Waals surface area contributed by atoms with E-state index in [0.717, 1.165) is 81.0 Å². The van der Waals surface area contributed by atoms with Crippen LogP contribution in [0.3, 0.4) is 0 Å². The van der Waals surface area contributed by atoms with Gasteiger partial charge >= 0.3 is 21.7 Å². The first-order chi connectivity index (χ1) is 52.1. The van der Waals surface area contributed by atoms with Crippen molar-refractivity contribution in [2.45, 2.75) is 85.2 Å². The molecule has 1 atom stereocenters. The molecule has 2 saturated heterocycles. The van der Waals surface area contributed by atoms with Crippen LogP contribution in [0.4, 0.5) is 0 Å². The molecular weight excluding hydrogens is 1530 g/mol. The third-order valence-electron chi connectivity index (χ3n) is 21.4. The van der Waals surface area contributed by atoms with Gasteiger partial charge in [-0.1, -0.05) is 295 Å². The van der Waals surface area contributed by atoms with Gasteiger partial charge in [-0.3, -0.25) is 0 Å². The normalized spacial score (nSPS) is 14.4. The number of halogens is 4. The van der Waals surface area contributed by atoms with E-state index in [1.54, 1.807) is 6.07 Å². The van der Waals surface area contributed by atoms with Crippen LogP contribution in [-0.4, -0.2) is 54.6 Å². The lowest BCUT2D eigenvalue weighted by molar-refractivity contribution is 0.00578. The highest BCUT2D eigenvalue weighted by atomic mass is 79.9. The minimum Gasteiger partial charge on any atom is -0.535 e. The summed E-state index contributed by atoms with van der Waals surface area (Å²) >= 11 is 22.4. The zero-order valence-corrected chi connectivity index (χ0v) is 67.1. The maximum absolute atomic E-state index is 8.97. The Balaban J connectivity index is 0.000000125. The largest absolute Gasteiger partial charge is 0.569 e. The molecule has 3 aromatic heterocycles. The Bertz CT molecular complexity index is 6390. The van der Waals surface area contributed by atoms with Gasteiger partial charge in [-0.15, -0.1) is 0 Å². The predicted molar refractivity (Wildman–Crippen MR) is 476 cm³/mol. The first-order valence-electron chi connectivity index (χ1n) is 35.8. The molecule has 1 unspecified atom stereocenters. The number of hydrogen-bond acceptors (Lipinski definition) is 9. The molecule has 0 amide bonds. The van der Waals surface area contributed by atoms with Crippen molar-refractivity contribution in [2.24, 2.45) is 0 Å². The highest BCUT2D eigenvalue weighted by Gasteiger charge is 2.63. The van der Waals surface area contributed by atoms with Crippen LogP contribution in [0.15, 0.2) is 303 Å². The Kier molecular flexibility index (Phi) is 23.2. The van der Waals surface area contributed by atoms with E-state index in [1.807, 2.05) is 140 Å². The zero-order valence-electron chi connectivity index (χ0n) is 61.8. The SMILES string of the molecule is Brc1ccc(-c2cccc3ccccc23)cc1.C.CC1(C)OB(B2OC(C)(C)C(C)(C)O2)OC1(C)C.Clc1cccc2c1oc1c(-c3ccc(-c4cccc5ccccc45)cc3)cc3ccccc3c12.Clc1cccc2c1oc1ccc3ccccc3c12.O.O[B]Oc1cc2ccccc2c2c1oc1c(Cl)cccc12.P. The van der Waals surface area contributed by atoms with Crippen LogP contribution in [0, 0.1) is 0 Å². The molecule has 0 bridgehead atoms. The van der Waals surface area contributed by atoms with Gasteiger partial charge in [0.05, 0.1) is 37.5 Å². The summed E-state index contributed by atoms with van der Waals surface area (Å²) in [7, 11) is -0.301. The van der Waals surface area contributed by atoms with E-state index < -0.39 is 14.0 Å². The summed E-state index contributed by atoms with van der Waals surface area (Å²) in [5.74, 6) is 0.457. The topological polar surface area (TPSA) is 137 Å². The van der Waals surface area contributed by atoms with Crippen LogP contribution < -0.4 is 4.65 Å². The van der Waals surface area contributed by atoms with Crippen molar-refractivity contribution in [2.75, 3.05) is 0 Å². The van der Waals surface area contributed by atoms with Crippen LogP contribution in [0.1, 0.15) is 62.8 Å². The lowest BCUT2D eigenvalue weighted by Crippen LogP contribution is -2.41. The Labute approximate surface area is 673 Å². The van der Waals surface area contributed by atoms with Crippen LogP contribution in [0.2, 0.25) is 15.1 Å². The maximum Gasteiger partial charge on any atom is 0.569 e. The van der Waals surface area contributed by atoms with Gasteiger partial charge in [-0.2, -0.15) is 9.90 Å². The lowest BCUT2D eigenvalue weighted by atomic mass is 9.49. The van der Waals surface area contributed by atoms with Crippen LogP contribution in [0.25, 0.3) is 153 Å². The number of benzene rings is 15. The molecule has 0 aliphatic carbocycles. The van der Waals surface area contributed by atoms with Gasteiger partial charge in [0.1, 0.15) is 16.9 Å². The molecule has 0 saturated carbocycles. The smallest absolute Gasteiger partial charge is 0.535 e. The molecule has 18 heteroatoms. The van der Waals surface area contributed by atoms with E-state index in [-0.39, 0.29) is 45.2 Å². The van der Waals surface area contributed by atoms with Crippen molar-refractivity contribution in [3.63, 3.8) is 0 Å². The summed E-state index contributed by atoms with van der Waals surface area (Å²) in [6, 6.07) is 97.5. The number of para-hydroxylation sites is 3. The molecule has 10 nitrogen and oxygen atoms in total. The summed E-state index contributed by atoms with van der Waals surface area (Å²) in [5.41, 5.74) is 10.2. The molecule has 0 spiro atoms. The van der Waals surface area contributed by atoms with E-state index in [4.69, 9.17) is 76.4 Å². The number of fused-ring (bicyclic) bond motifs is 17. The van der Waals surface area contributed by atoms with Crippen molar-refractivity contribution in [3.8, 4) is 39.1 Å². The second kappa shape index (κ2) is 32.3. The van der Waals surface area contributed by atoms with Crippen molar-refractivity contribution in [3.05, 3.63) is 305 Å². The average molecular weight is 1610 g/mol. The molecule has 3 N–H and O–H groups in total. The van der Waals surface area contributed by atoms with Crippen LogP contribution >= 0.6 is 60.6 Å². The van der Waals surface area contributed by atoms with Gasteiger partial charge in [0.2, 0.25) is 0 Å². The fraction of sp³-hybridized carbons (Fsp3) is 0.140. The van der Waals surface area contributed by atoms with Gasteiger partial charge < -0.3 is 47.0 Å². The predicted octanol–water partition coefficient (Wildman–Crippen LogP) is 27.0. The quantitative estimate of drug-likeness (QED) is 0.127. The van der Waals surface area contributed by atoms with Crippen molar-refractivity contribution >= 4 is 202 Å². The fourth-order valence-corrected chi connectivity index (χ4v) is 15.4. The average Bonchev–Trinajstić information content (AvgIpc) is 1.54. The summed E-state index contributed by atoms with van der Waals surface area (Å²) in [5, 5.41) is 29.0. The van der Waals surface area contributed by atoms with E-state index in [2.05, 4.69) is 210 Å². The second-order valence-electron chi connectivity index (χ2n) is 29.1. The molecule has 2 aliphatic rings. The third-order valence-corrected chi connectivity index (χ3v) is 22.8. The van der Waals surface area contributed by atoms with Crippen molar-refractivity contribution < 1.29 is 47.0 Å². The summed E-state index contributed by atoms with van der Waals surface area (Å²) in [6.07, 6.45) is 0. The Morgan fingerprint density at radius 1 is 0.333 bits per heavy atom. The monoisotopic (exact) mass is 1610 g/mol. The summed E-state index contributed by atoms with van der Waals surface area (Å²) < 4.78 is 48.3. The number of furan rings is 3. The maximum atomic E-state index is 8.97. The number of hydrogen-bond donors (Lipinski definition) is 1. The van der Waals surface area contributed by atoms with Crippen molar-refractivity contribution in [1.82, 2.24) is 0 Å². The molecular formula is C93H81B3BrCl3O10P. The Morgan fingerprint density at radius 2 is 0.658 bits per heavy atom. The Hall–Kier alpha value is -9.47. The molecule has 5 heterocycles.